The first kappa shape index (κ1) is 60.1. The van der Waals surface area contributed by atoms with E-state index < -0.39 is 84.6 Å². The van der Waals surface area contributed by atoms with Gasteiger partial charge in [0.25, 0.3) is 5.91 Å². The van der Waals surface area contributed by atoms with Gasteiger partial charge in [0.1, 0.15) is 18.1 Å². The van der Waals surface area contributed by atoms with Crippen LogP contribution in [0.4, 0.5) is 4.79 Å². The second-order valence-electron chi connectivity index (χ2n) is 19.4. The molecule has 1 fully saturated rings. The third-order valence-electron chi connectivity index (χ3n) is 13.4. The monoisotopic (exact) mass is 1080 g/mol. The van der Waals surface area contributed by atoms with Gasteiger partial charge in [-0.25, -0.2) is 14.4 Å². The number of carbonyl (C=O) groups is 10. The van der Waals surface area contributed by atoms with Crippen molar-refractivity contribution >= 4 is 70.3 Å². The van der Waals surface area contributed by atoms with Crippen LogP contribution in [-0.4, -0.2) is 220 Å². The third kappa shape index (κ3) is 21.1. The van der Waals surface area contributed by atoms with Crippen molar-refractivity contribution < 1.29 is 78.6 Å². The largest absolute Gasteiger partial charge is 0.481 e. The fourth-order valence-corrected chi connectivity index (χ4v) is 9.30. The van der Waals surface area contributed by atoms with E-state index >= 15 is 0 Å². The minimum Gasteiger partial charge on any atom is -0.481 e. The number of carboxylic acids is 6. The van der Waals surface area contributed by atoms with E-state index in [9.17, 15) is 73.5 Å². The van der Waals surface area contributed by atoms with Crippen molar-refractivity contribution in [3.8, 4) is 0 Å². The Morgan fingerprint density at radius 1 is 0.519 bits per heavy atom. The van der Waals surface area contributed by atoms with E-state index in [4.69, 9.17) is 5.11 Å². The van der Waals surface area contributed by atoms with Gasteiger partial charge >= 0.3 is 41.8 Å². The highest BCUT2D eigenvalue weighted by Crippen LogP contribution is 2.28. The van der Waals surface area contributed by atoms with Gasteiger partial charge < -0.3 is 57.2 Å². The van der Waals surface area contributed by atoms with Crippen molar-refractivity contribution in [1.82, 2.24) is 46.2 Å². The van der Waals surface area contributed by atoms with E-state index in [-0.39, 0.29) is 110 Å². The molecule has 2 unspecified atom stereocenters. The van der Waals surface area contributed by atoms with Crippen LogP contribution in [0.2, 0.25) is 0 Å². The standard InChI is InChI=1S/C52H69N9O16/c62-43(29-58-15-17-59(30-45(65)66)19-21-61(32-47(69)70)22-20-60(18-16-58)31-46(67)68)54-28-34-24-37-10-11-38(27-39(37)25-34)48(71)55-42(26-33-8-9-35-5-1-2-6-36(35)23-33)49(72)53-14-4-3-7-40(50(73)74)56-52(77)57-41(51(75)76)12-13-44(63)64/h1-2,5-6,8-11,23,27,34,40-42H,3-4,7,12-22,24-26,28-32H2,(H,53,72)(H,54,62)(H,55,71)(H,63,64)(H,65,66)(H,67,68)(H,69,70)(H,73,74)(H,75,76)(H2,56,57,77)/t34?,40?,41-,42-/m0/s1. The zero-order valence-corrected chi connectivity index (χ0v) is 42.7. The molecule has 3 aromatic rings. The number of rotatable bonds is 27. The van der Waals surface area contributed by atoms with Crippen molar-refractivity contribution in [3.05, 3.63) is 82.9 Å². The Labute approximate surface area is 443 Å². The molecule has 25 nitrogen and oxygen atoms in total. The fraction of sp³-hybridized carbons (Fsp3) is 0.500. The number of nitrogens with zero attached hydrogens (tertiary/aromatic N) is 4. The molecule has 418 valence electrons. The summed E-state index contributed by atoms with van der Waals surface area (Å²) in [5.41, 5.74) is 2.99. The summed E-state index contributed by atoms with van der Waals surface area (Å²) >= 11 is 0. The molecule has 1 saturated heterocycles. The van der Waals surface area contributed by atoms with Gasteiger partial charge in [0, 0.05) is 83.9 Å². The summed E-state index contributed by atoms with van der Waals surface area (Å²) in [6.07, 6.45) is 0.752. The van der Waals surface area contributed by atoms with Crippen molar-refractivity contribution in [1.29, 1.82) is 0 Å². The number of unbranched alkanes of at least 4 members (excludes halogenated alkanes) is 1. The van der Waals surface area contributed by atoms with E-state index in [0.29, 0.717) is 38.0 Å². The molecule has 0 aromatic heterocycles. The van der Waals surface area contributed by atoms with Crippen molar-refractivity contribution in [2.45, 2.75) is 69.5 Å². The molecule has 5 amide bonds. The second-order valence-corrected chi connectivity index (χ2v) is 19.4. The van der Waals surface area contributed by atoms with Gasteiger partial charge in [0.15, 0.2) is 0 Å². The maximum Gasteiger partial charge on any atom is 0.326 e. The molecule has 0 spiro atoms. The average Bonchev–Trinajstić information content (AvgIpc) is 3.78. The summed E-state index contributed by atoms with van der Waals surface area (Å²) in [6.45, 7) is 1.64. The lowest BCUT2D eigenvalue weighted by molar-refractivity contribution is -0.141. The van der Waals surface area contributed by atoms with Crippen molar-refractivity contribution in [2.75, 3.05) is 91.6 Å². The molecule has 77 heavy (non-hydrogen) atoms. The van der Waals surface area contributed by atoms with Gasteiger partial charge in [-0.3, -0.25) is 53.2 Å². The number of benzene rings is 3. The number of carboxylic acid groups (broad SMARTS) is 6. The molecule has 0 bridgehead atoms. The van der Waals surface area contributed by atoms with Gasteiger partial charge in [-0.05, 0) is 84.0 Å². The number of carbonyl (C=O) groups excluding carboxylic acids is 4. The molecule has 0 radical (unpaired) electrons. The molecule has 5 rings (SSSR count). The van der Waals surface area contributed by atoms with E-state index in [1.165, 1.54) is 0 Å². The highest BCUT2D eigenvalue weighted by molar-refractivity contribution is 5.98. The Kier molecular flexibility index (Phi) is 23.5. The lowest BCUT2D eigenvalue weighted by Gasteiger charge is -2.32. The highest BCUT2D eigenvalue weighted by atomic mass is 16.4. The fourth-order valence-electron chi connectivity index (χ4n) is 9.30. The number of amides is 5. The van der Waals surface area contributed by atoms with Crippen LogP contribution in [0.5, 0.6) is 0 Å². The number of hydrogen-bond donors (Lipinski definition) is 11. The summed E-state index contributed by atoms with van der Waals surface area (Å²) in [5.74, 6) is -8.58. The number of nitrogens with one attached hydrogen (secondary N) is 5. The van der Waals surface area contributed by atoms with Crippen LogP contribution >= 0.6 is 0 Å². The van der Waals surface area contributed by atoms with E-state index in [0.717, 1.165) is 27.5 Å². The van der Waals surface area contributed by atoms with E-state index in [1.54, 1.807) is 26.8 Å². The first-order valence-corrected chi connectivity index (χ1v) is 25.4. The van der Waals surface area contributed by atoms with Crippen LogP contribution in [0.3, 0.4) is 0 Å². The van der Waals surface area contributed by atoms with E-state index in [2.05, 4.69) is 26.6 Å². The Morgan fingerprint density at radius 3 is 1.60 bits per heavy atom. The zero-order chi connectivity index (χ0) is 56.0. The molecular weight excluding hydrogens is 1010 g/mol. The van der Waals surface area contributed by atoms with Crippen LogP contribution in [0.25, 0.3) is 10.8 Å². The van der Waals surface area contributed by atoms with Crippen molar-refractivity contribution in [3.63, 3.8) is 0 Å². The van der Waals surface area contributed by atoms with Gasteiger partial charge in [0.2, 0.25) is 11.8 Å². The van der Waals surface area contributed by atoms with Crippen LogP contribution in [0, 0.1) is 5.92 Å². The van der Waals surface area contributed by atoms with Gasteiger partial charge in [-0.15, -0.1) is 0 Å². The van der Waals surface area contributed by atoms with Gasteiger partial charge in [0.05, 0.1) is 26.2 Å². The molecule has 0 saturated carbocycles. The van der Waals surface area contributed by atoms with E-state index in [1.807, 2.05) is 53.4 Å². The van der Waals surface area contributed by atoms with Crippen LogP contribution in [0.1, 0.15) is 59.2 Å². The lowest BCUT2D eigenvalue weighted by Crippen LogP contribution is -2.51. The highest BCUT2D eigenvalue weighted by Gasteiger charge is 2.29. The molecule has 11 N–H and O–H groups in total. The second kappa shape index (κ2) is 30.1. The number of aliphatic carboxylic acids is 6. The van der Waals surface area contributed by atoms with Gasteiger partial charge in [-0.2, -0.15) is 0 Å². The van der Waals surface area contributed by atoms with Crippen molar-refractivity contribution in [2.24, 2.45) is 5.92 Å². The molecule has 25 heteroatoms. The molecule has 3 aromatic carbocycles. The third-order valence-corrected chi connectivity index (χ3v) is 13.4. The predicted octanol–water partition coefficient (Wildman–Crippen LogP) is -0.156. The Morgan fingerprint density at radius 2 is 1.05 bits per heavy atom. The summed E-state index contributed by atoms with van der Waals surface area (Å²) in [7, 11) is 0. The zero-order valence-electron chi connectivity index (χ0n) is 42.7. The molecular formula is C52H69N9O16. The van der Waals surface area contributed by atoms with Crippen LogP contribution in [-0.2, 0) is 57.6 Å². The quantitative estimate of drug-likeness (QED) is 0.0442. The number of fused-ring (bicyclic) bond motifs is 2. The first-order chi connectivity index (χ1) is 36.7. The molecule has 1 heterocycles. The molecule has 2 aliphatic rings. The normalized spacial score (nSPS) is 17.0. The Balaban J connectivity index is 1.16. The minimum absolute atomic E-state index is 0.00527. The van der Waals surface area contributed by atoms with Crippen LogP contribution in [0.15, 0.2) is 60.7 Å². The molecule has 4 atom stereocenters. The number of urea groups is 1. The molecule has 1 aliphatic carbocycles. The molecule has 1 aliphatic heterocycles. The topological polar surface area (TPSA) is 365 Å². The SMILES string of the molecule is O=C(O)CC[C@H](NC(=O)NC(CCCCNC(=O)[C@H](Cc1ccc2ccccc2c1)NC(=O)c1ccc2c(c1)CC(CNC(=O)CN1CCN(CC(=O)O)CCN(CC(=O)O)CCN(CC(=O)O)CC1)C2)C(=O)O)C(=O)O. The van der Waals surface area contributed by atoms with Crippen LogP contribution < -0.4 is 26.6 Å². The number of hydrogen-bond acceptors (Lipinski definition) is 14. The maximum absolute atomic E-state index is 13.9. The summed E-state index contributed by atoms with van der Waals surface area (Å²) in [4.78, 5) is 130. The first-order valence-electron chi connectivity index (χ1n) is 25.4. The van der Waals surface area contributed by atoms with Gasteiger partial charge in [-0.1, -0.05) is 48.5 Å². The maximum atomic E-state index is 13.9. The minimum atomic E-state index is -1.56. The Hall–Kier alpha value is -7.74. The Bertz CT molecular complexity index is 2570. The lowest BCUT2D eigenvalue weighted by atomic mass is 10.0. The summed E-state index contributed by atoms with van der Waals surface area (Å²) < 4.78 is 0. The summed E-state index contributed by atoms with van der Waals surface area (Å²) in [6, 6.07) is 13.6. The summed E-state index contributed by atoms with van der Waals surface area (Å²) in [5, 5.41) is 71.4. The predicted molar refractivity (Wildman–Crippen MR) is 276 cm³/mol. The average molecular weight is 1080 g/mol. The smallest absolute Gasteiger partial charge is 0.326 e.